The number of carbonyl (C=O) groups excluding carboxylic acids is 6. The lowest BCUT2D eigenvalue weighted by Gasteiger charge is -2.23. The van der Waals surface area contributed by atoms with Crippen molar-refractivity contribution in [3.8, 4) is 11.5 Å². The number of ether oxygens (including phenoxy) is 2. The second-order valence-electron chi connectivity index (χ2n) is 14.1. The molecule has 0 saturated heterocycles. The van der Waals surface area contributed by atoms with E-state index in [4.69, 9.17) is 9.47 Å². The van der Waals surface area contributed by atoms with Crippen LogP contribution in [0.15, 0.2) is 48.5 Å². The second-order valence-corrected chi connectivity index (χ2v) is 14.1. The zero-order chi connectivity index (χ0) is 39.1. The number of rotatable bonds is 22. The van der Waals surface area contributed by atoms with Gasteiger partial charge in [-0.05, 0) is 106 Å². The fourth-order valence-electron chi connectivity index (χ4n) is 6.43. The van der Waals surface area contributed by atoms with E-state index >= 15 is 0 Å². The van der Waals surface area contributed by atoms with E-state index in [0.29, 0.717) is 30.6 Å². The number of benzene rings is 2. The molecule has 2 fully saturated rings. The monoisotopic (exact) mass is 762 g/mol. The van der Waals surface area contributed by atoms with Gasteiger partial charge in [0.1, 0.15) is 11.5 Å². The van der Waals surface area contributed by atoms with Crippen molar-refractivity contribution in [2.75, 3.05) is 39.3 Å². The molecule has 2 aromatic carbocycles. The van der Waals surface area contributed by atoms with Crippen LogP contribution >= 0.6 is 0 Å². The average molecular weight is 763 g/mol. The maximum atomic E-state index is 12.4. The van der Waals surface area contributed by atoms with Crippen molar-refractivity contribution < 1.29 is 38.2 Å². The predicted octanol–water partition coefficient (Wildman–Crippen LogP) is 3.68. The molecule has 2 aliphatic carbocycles. The van der Waals surface area contributed by atoms with Crippen molar-refractivity contribution in [2.45, 2.75) is 109 Å². The first-order chi connectivity index (χ1) is 26.7. The van der Waals surface area contributed by atoms with Gasteiger partial charge in [-0.3, -0.25) is 28.8 Å². The summed E-state index contributed by atoms with van der Waals surface area (Å²) in [6.07, 6.45) is 12.9. The first-order valence-electron chi connectivity index (χ1n) is 19.9. The molecule has 6 N–H and O–H groups in total. The first kappa shape index (κ1) is 42.6. The van der Waals surface area contributed by atoms with Gasteiger partial charge in [-0.15, -0.1) is 0 Å². The van der Waals surface area contributed by atoms with Crippen molar-refractivity contribution in [1.82, 2.24) is 31.9 Å². The molecule has 0 atom stereocenters. The molecule has 0 bridgehead atoms. The van der Waals surface area contributed by atoms with Gasteiger partial charge >= 0.3 is 0 Å². The lowest BCUT2D eigenvalue weighted by Crippen LogP contribution is -2.35. The average Bonchev–Trinajstić information content (AvgIpc) is 3.19. The highest BCUT2D eigenvalue weighted by Gasteiger charge is 2.17. The molecule has 14 heteroatoms. The molecule has 0 spiro atoms. The molecule has 6 amide bonds. The highest BCUT2D eigenvalue weighted by molar-refractivity contribution is 5.95. The van der Waals surface area contributed by atoms with Crippen LogP contribution in [0.5, 0.6) is 11.5 Å². The minimum Gasteiger partial charge on any atom is -0.490 e. The molecule has 0 heterocycles. The van der Waals surface area contributed by atoms with E-state index in [2.05, 4.69) is 31.9 Å². The number of nitrogens with one attached hydrogen (secondary N) is 6. The van der Waals surface area contributed by atoms with E-state index < -0.39 is 0 Å². The SMILES string of the molecule is O=C(CCNC(=O)CCNC(=O)c1ccc(OC2CCCCC2)cc1)NCCCNC(=O)CCNC(=O)CCNC(=O)c1ccc(OC2CCCCC2)cc1. The highest BCUT2D eigenvalue weighted by atomic mass is 16.5. The predicted molar refractivity (Wildman–Crippen MR) is 208 cm³/mol. The van der Waals surface area contributed by atoms with Crippen molar-refractivity contribution in [2.24, 2.45) is 0 Å². The molecular weight excluding hydrogens is 704 g/mol. The molecule has 2 aromatic rings. The Kier molecular flexibility index (Phi) is 18.8. The van der Waals surface area contributed by atoms with Crippen LogP contribution in [0.2, 0.25) is 0 Å². The van der Waals surface area contributed by atoms with E-state index in [1.165, 1.54) is 38.5 Å². The lowest BCUT2D eigenvalue weighted by atomic mass is 9.98. The Morgan fingerprint density at radius 2 is 0.727 bits per heavy atom. The zero-order valence-corrected chi connectivity index (χ0v) is 31.9. The zero-order valence-electron chi connectivity index (χ0n) is 31.9. The molecule has 2 aliphatic rings. The largest absolute Gasteiger partial charge is 0.490 e. The third-order valence-electron chi connectivity index (χ3n) is 9.56. The van der Waals surface area contributed by atoms with E-state index in [1.807, 2.05) is 0 Å². The first-order valence-corrected chi connectivity index (χ1v) is 19.9. The number of carbonyl (C=O) groups is 6. The van der Waals surface area contributed by atoms with Crippen molar-refractivity contribution in [3.05, 3.63) is 59.7 Å². The maximum absolute atomic E-state index is 12.4. The van der Waals surface area contributed by atoms with Crippen LogP contribution in [0.1, 0.15) is 117 Å². The standard InChI is InChI=1S/C41H58N6O8/c48-36(20-26-44-38(50)22-28-46-40(52)30-12-16-34(17-13-30)54-32-8-3-1-4-9-32)42-24-7-25-43-37(49)21-27-45-39(51)23-29-47-41(53)31-14-18-35(19-15-31)55-33-10-5-2-6-11-33/h12-19,32-33H,1-11,20-29H2,(H,42,48)(H,43,49)(H,44,50)(H,45,51)(H,46,52)(H,47,53). The molecule has 0 radical (unpaired) electrons. The number of hydrogen-bond donors (Lipinski definition) is 6. The number of hydrogen-bond acceptors (Lipinski definition) is 8. The Hall–Kier alpha value is -5.14. The molecule has 55 heavy (non-hydrogen) atoms. The summed E-state index contributed by atoms with van der Waals surface area (Å²) in [5.41, 5.74) is 0.982. The second kappa shape index (κ2) is 24.3. The van der Waals surface area contributed by atoms with Gasteiger partial charge in [-0.1, -0.05) is 12.8 Å². The van der Waals surface area contributed by atoms with Gasteiger partial charge in [-0.2, -0.15) is 0 Å². The number of amides is 6. The van der Waals surface area contributed by atoms with Crippen LogP contribution < -0.4 is 41.4 Å². The van der Waals surface area contributed by atoms with Crippen LogP contribution in [0.4, 0.5) is 0 Å². The minimum atomic E-state index is -0.271. The molecule has 0 aromatic heterocycles. The molecule has 14 nitrogen and oxygen atoms in total. The molecule has 300 valence electrons. The summed E-state index contributed by atoms with van der Waals surface area (Å²) in [5.74, 6) is -0.0371. The maximum Gasteiger partial charge on any atom is 0.251 e. The van der Waals surface area contributed by atoms with Gasteiger partial charge in [0.25, 0.3) is 11.8 Å². The van der Waals surface area contributed by atoms with E-state index in [0.717, 1.165) is 37.2 Å². The van der Waals surface area contributed by atoms with Gasteiger partial charge in [0, 0.05) is 76.1 Å². The van der Waals surface area contributed by atoms with Crippen LogP contribution in [-0.4, -0.2) is 86.9 Å². The summed E-state index contributed by atoms with van der Waals surface area (Å²) in [4.78, 5) is 73.3. The van der Waals surface area contributed by atoms with Gasteiger partial charge < -0.3 is 41.4 Å². The quantitative estimate of drug-likeness (QED) is 0.0979. The third kappa shape index (κ3) is 17.3. The van der Waals surface area contributed by atoms with E-state index in [1.54, 1.807) is 48.5 Å². The Balaban J connectivity index is 0.927. The van der Waals surface area contributed by atoms with Gasteiger partial charge in [0.2, 0.25) is 23.6 Å². The summed E-state index contributed by atoms with van der Waals surface area (Å²) < 4.78 is 12.0. The highest BCUT2D eigenvalue weighted by Crippen LogP contribution is 2.24. The molecule has 2 saturated carbocycles. The molecule has 0 unspecified atom stereocenters. The van der Waals surface area contributed by atoms with Crippen LogP contribution in [0, 0.1) is 0 Å². The molecule has 0 aliphatic heterocycles. The smallest absolute Gasteiger partial charge is 0.251 e. The summed E-state index contributed by atoms with van der Waals surface area (Å²) >= 11 is 0. The lowest BCUT2D eigenvalue weighted by molar-refractivity contribution is -0.123. The van der Waals surface area contributed by atoms with Crippen molar-refractivity contribution in [3.63, 3.8) is 0 Å². The Morgan fingerprint density at radius 3 is 1.07 bits per heavy atom. The summed E-state index contributed by atoms with van der Waals surface area (Å²) in [5, 5.41) is 16.3. The topological polar surface area (TPSA) is 193 Å². The van der Waals surface area contributed by atoms with Crippen molar-refractivity contribution >= 4 is 35.4 Å². The normalized spacial score (nSPS) is 14.5. The molecular formula is C41H58N6O8. The third-order valence-corrected chi connectivity index (χ3v) is 9.56. The van der Waals surface area contributed by atoms with Crippen LogP contribution in [-0.2, 0) is 19.2 Å². The Labute approximate surface area is 324 Å². The fourth-order valence-corrected chi connectivity index (χ4v) is 6.43. The van der Waals surface area contributed by atoms with Gasteiger partial charge in [0.05, 0.1) is 12.2 Å². The Bertz CT molecular complexity index is 1410. The molecule has 4 rings (SSSR count). The minimum absolute atomic E-state index is 0.0875. The summed E-state index contributed by atoms with van der Waals surface area (Å²) in [7, 11) is 0. The Morgan fingerprint density at radius 1 is 0.418 bits per heavy atom. The van der Waals surface area contributed by atoms with Gasteiger partial charge in [0.15, 0.2) is 0 Å². The summed E-state index contributed by atoms with van der Waals surface area (Å²) in [6, 6.07) is 14.0. The van der Waals surface area contributed by atoms with Gasteiger partial charge in [-0.25, -0.2) is 0 Å². The van der Waals surface area contributed by atoms with Crippen LogP contribution in [0.25, 0.3) is 0 Å². The fraction of sp³-hybridized carbons (Fsp3) is 0.561. The van der Waals surface area contributed by atoms with E-state index in [9.17, 15) is 28.8 Å². The van der Waals surface area contributed by atoms with Crippen LogP contribution in [0.3, 0.4) is 0 Å². The van der Waals surface area contributed by atoms with Crippen molar-refractivity contribution in [1.29, 1.82) is 0 Å². The summed E-state index contributed by atoms with van der Waals surface area (Å²) in [6.45, 7) is 1.38. The van der Waals surface area contributed by atoms with E-state index in [-0.39, 0.29) is 99.5 Å².